The number of ketones is 1. The number of Topliss-reactive ketones (excluding diaryl/α,β-unsaturated/α-hetero) is 1. The van der Waals surface area contributed by atoms with Gasteiger partial charge in [0.25, 0.3) is 0 Å². The van der Waals surface area contributed by atoms with Gasteiger partial charge >= 0.3 is 0 Å². The van der Waals surface area contributed by atoms with Gasteiger partial charge in [0.15, 0.2) is 0 Å². The number of carbonyl (C=O) groups is 1. The third-order valence-corrected chi connectivity index (χ3v) is 4.41. The van der Waals surface area contributed by atoms with Crippen molar-refractivity contribution in [2.24, 2.45) is 11.3 Å². The molecule has 0 aromatic carbocycles. The van der Waals surface area contributed by atoms with E-state index in [-0.39, 0.29) is 11.2 Å². The Hall–Kier alpha value is -0.490. The summed E-state index contributed by atoms with van der Waals surface area (Å²) in [5.74, 6) is 3.07. The van der Waals surface area contributed by atoms with E-state index in [1.807, 2.05) is 11.8 Å². The summed E-state index contributed by atoms with van der Waals surface area (Å²) in [4.78, 5) is 11.0. The summed E-state index contributed by atoms with van der Waals surface area (Å²) in [5.41, 5.74) is -0.259. The summed E-state index contributed by atoms with van der Waals surface area (Å²) < 4.78 is 0. The van der Waals surface area contributed by atoms with Crippen LogP contribution in [0.25, 0.3) is 0 Å². The maximum Gasteiger partial charge on any atom is 0.136 e. The van der Waals surface area contributed by atoms with Crippen molar-refractivity contribution in [2.75, 3.05) is 11.5 Å². The fourth-order valence-electron chi connectivity index (χ4n) is 2.29. The standard InChI is InChI=1S/C10H13NOS/c11-7-10(4-9(12)5-10)8-2-1-3-13-6-8/h8H,1-6H2. The van der Waals surface area contributed by atoms with Gasteiger partial charge in [-0.05, 0) is 30.3 Å². The monoisotopic (exact) mass is 195 g/mol. The number of nitriles is 1. The molecule has 0 aromatic heterocycles. The molecule has 1 unspecified atom stereocenters. The smallest absolute Gasteiger partial charge is 0.136 e. The van der Waals surface area contributed by atoms with Crippen molar-refractivity contribution >= 4 is 17.5 Å². The van der Waals surface area contributed by atoms with E-state index in [9.17, 15) is 4.79 Å². The second kappa shape index (κ2) is 3.34. The maximum atomic E-state index is 11.0. The van der Waals surface area contributed by atoms with Crippen LogP contribution in [0.15, 0.2) is 0 Å². The van der Waals surface area contributed by atoms with Crippen LogP contribution in [-0.4, -0.2) is 17.3 Å². The molecule has 0 spiro atoms. The molecule has 2 fully saturated rings. The molecule has 2 nitrogen and oxygen atoms in total. The second-order valence-corrected chi connectivity index (χ2v) is 5.22. The zero-order valence-electron chi connectivity index (χ0n) is 7.58. The number of rotatable bonds is 1. The molecule has 13 heavy (non-hydrogen) atoms. The third kappa shape index (κ3) is 1.48. The molecule has 3 heteroatoms. The lowest BCUT2D eigenvalue weighted by atomic mass is 9.60. The molecule has 0 radical (unpaired) electrons. The Labute approximate surface area is 82.7 Å². The first kappa shape index (κ1) is 9.08. The quantitative estimate of drug-likeness (QED) is 0.642. The number of carbonyl (C=O) groups excluding carboxylic acids is 1. The molecular formula is C10H13NOS. The van der Waals surface area contributed by atoms with E-state index in [1.54, 1.807) is 0 Å². The highest BCUT2D eigenvalue weighted by Gasteiger charge is 2.49. The molecule has 1 heterocycles. The molecule has 1 aliphatic carbocycles. The van der Waals surface area contributed by atoms with Gasteiger partial charge in [0, 0.05) is 12.8 Å². The van der Waals surface area contributed by atoms with Crippen LogP contribution in [-0.2, 0) is 4.79 Å². The SMILES string of the molecule is N#CC1(C2CCCSC2)CC(=O)C1. The Kier molecular flexibility index (Phi) is 2.33. The summed E-state index contributed by atoms with van der Waals surface area (Å²) in [5, 5.41) is 9.10. The van der Waals surface area contributed by atoms with E-state index in [2.05, 4.69) is 6.07 Å². The Morgan fingerprint density at radius 1 is 1.54 bits per heavy atom. The Balaban J connectivity index is 2.04. The normalized spacial score (nSPS) is 31.9. The van der Waals surface area contributed by atoms with Crippen molar-refractivity contribution < 1.29 is 4.79 Å². The summed E-state index contributed by atoms with van der Waals surface area (Å²) in [6.07, 6.45) is 3.41. The van der Waals surface area contributed by atoms with Crippen LogP contribution in [0.1, 0.15) is 25.7 Å². The van der Waals surface area contributed by atoms with E-state index in [4.69, 9.17) is 5.26 Å². The van der Waals surface area contributed by atoms with E-state index < -0.39 is 0 Å². The van der Waals surface area contributed by atoms with Gasteiger partial charge in [-0.3, -0.25) is 4.79 Å². The summed E-state index contributed by atoms with van der Waals surface area (Å²) >= 11 is 1.93. The van der Waals surface area contributed by atoms with Crippen molar-refractivity contribution in [1.29, 1.82) is 5.26 Å². The average molecular weight is 195 g/mol. The summed E-state index contributed by atoms with van der Waals surface area (Å²) in [6, 6.07) is 2.38. The van der Waals surface area contributed by atoms with E-state index in [1.165, 1.54) is 12.2 Å². The van der Waals surface area contributed by atoms with Crippen LogP contribution in [0.5, 0.6) is 0 Å². The van der Waals surface area contributed by atoms with Crippen LogP contribution >= 0.6 is 11.8 Å². The molecule has 2 rings (SSSR count). The van der Waals surface area contributed by atoms with E-state index in [0.29, 0.717) is 18.8 Å². The predicted octanol–water partition coefficient (Wildman–Crippen LogP) is 2.00. The van der Waals surface area contributed by atoms with Crippen LogP contribution in [0, 0.1) is 22.7 Å². The molecule has 1 saturated heterocycles. The minimum Gasteiger partial charge on any atom is -0.300 e. The van der Waals surface area contributed by atoms with Gasteiger partial charge in [-0.25, -0.2) is 0 Å². The van der Waals surface area contributed by atoms with Crippen LogP contribution in [0.3, 0.4) is 0 Å². The molecule has 2 aliphatic rings. The molecule has 0 bridgehead atoms. The molecule has 1 aliphatic heterocycles. The van der Waals surface area contributed by atoms with Gasteiger partial charge in [-0.1, -0.05) is 0 Å². The van der Waals surface area contributed by atoms with Crippen molar-refractivity contribution in [2.45, 2.75) is 25.7 Å². The number of thioether (sulfide) groups is 1. The first-order valence-corrected chi connectivity index (χ1v) is 5.93. The molecule has 1 atom stereocenters. The van der Waals surface area contributed by atoms with E-state index >= 15 is 0 Å². The van der Waals surface area contributed by atoms with Gasteiger partial charge in [-0.15, -0.1) is 0 Å². The lowest BCUT2D eigenvalue weighted by Gasteiger charge is -2.42. The predicted molar refractivity (Wildman–Crippen MR) is 52.3 cm³/mol. The first-order chi connectivity index (χ1) is 6.27. The average Bonchev–Trinajstić information content (AvgIpc) is 2.14. The zero-order chi connectivity index (χ0) is 9.31. The Morgan fingerprint density at radius 2 is 2.31 bits per heavy atom. The molecule has 70 valence electrons. The lowest BCUT2D eigenvalue weighted by Crippen LogP contribution is -2.44. The van der Waals surface area contributed by atoms with Gasteiger partial charge in [0.2, 0.25) is 0 Å². The molecule has 0 N–H and O–H groups in total. The third-order valence-electron chi connectivity index (χ3n) is 3.19. The van der Waals surface area contributed by atoms with Crippen LogP contribution in [0.4, 0.5) is 0 Å². The highest BCUT2D eigenvalue weighted by atomic mass is 32.2. The van der Waals surface area contributed by atoms with Crippen molar-refractivity contribution in [3.05, 3.63) is 0 Å². The first-order valence-electron chi connectivity index (χ1n) is 4.77. The minimum absolute atomic E-state index is 0.259. The lowest BCUT2D eigenvalue weighted by molar-refractivity contribution is -0.132. The Morgan fingerprint density at radius 3 is 2.77 bits per heavy atom. The van der Waals surface area contributed by atoms with Crippen molar-refractivity contribution in [1.82, 2.24) is 0 Å². The fraction of sp³-hybridized carbons (Fsp3) is 0.800. The molecular weight excluding hydrogens is 182 g/mol. The highest BCUT2D eigenvalue weighted by molar-refractivity contribution is 7.99. The molecule has 0 aromatic rings. The summed E-state index contributed by atoms with van der Waals surface area (Å²) in [6.45, 7) is 0. The number of hydrogen-bond donors (Lipinski definition) is 0. The molecule has 1 saturated carbocycles. The topological polar surface area (TPSA) is 40.9 Å². The second-order valence-electron chi connectivity index (χ2n) is 4.07. The van der Waals surface area contributed by atoms with Gasteiger partial charge in [0.1, 0.15) is 5.78 Å². The fourth-order valence-corrected chi connectivity index (χ4v) is 3.60. The maximum absolute atomic E-state index is 11.0. The van der Waals surface area contributed by atoms with E-state index in [0.717, 1.165) is 12.2 Å². The highest BCUT2D eigenvalue weighted by Crippen LogP contribution is 2.48. The van der Waals surface area contributed by atoms with Gasteiger partial charge in [-0.2, -0.15) is 17.0 Å². The minimum atomic E-state index is -0.259. The van der Waals surface area contributed by atoms with Crippen molar-refractivity contribution in [3.8, 4) is 6.07 Å². The number of nitrogens with zero attached hydrogens (tertiary/aromatic N) is 1. The number of hydrogen-bond acceptors (Lipinski definition) is 3. The summed E-state index contributed by atoms with van der Waals surface area (Å²) in [7, 11) is 0. The van der Waals surface area contributed by atoms with Gasteiger partial charge in [0.05, 0.1) is 11.5 Å². The Bertz CT molecular complexity index is 255. The molecule has 0 amide bonds. The largest absolute Gasteiger partial charge is 0.300 e. The van der Waals surface area contributed by atoms with Gasteiger partial charge < -0.3 is 0 Å². The van der Waals surface area contributed by atoms with Crippen LogP contribution < -0.4 is 0 Å². The van der Waals surface area contributed by atoms with Crippen molar-refractivity contribution in [3.63, 3.8) is 0 Å². The van der Waals surface area contributed by atoms with Crippen LogP contribution in [0.2, 0.25) is 0 Å². The zero-order valence-corrected chi connectivity index (χ0v) is 8.40.